The molecule has 0 N–H and O–H groups in total. The molecule has 0 amide bonds. The molecule has 0 spiro atoms. The molecule has 1 atom stereocenters. The SMILES string of the molecule is CN(Cc1cccc(C#N)c1)C1CCCCCC1=O. The Hall–Kier alpha value is -1.66. The van der Waals surface area contributed by atoms with Crippen LogP contribution in [-0.2, 0) is 11.3 Å². The average molecular weight is 256 g/mol. The number of hydrogen-bond donors (Lipinski definition) is 0. The van der Waals surface area contributed by atoms with Crippen LogP contribution >= 0.6 is 0 Å². The molecule has 1 unspecified atom stereocenters. The van der Waals surface area contributed by atoms with Crippen molar-refractivity contribution in [1.82, 2.24) is 4.90 Å². The van der Waals surface area contributed by atoms with Gasteiger partial charge in [0.2, 0.25) is 0 Å². The number of nitrogens with zero attached hydrogens (tertiary/aromatic N) is 2. The normalized spacial score (nSPS) is 20.1. The first-order valence-corrected chi connectivity index (χ1v) is 6.92. The first-order chi connectivity index (χ1) is 9.20. The van der Waals surface area contributed by atoms with E-state index in [1.165, 1.54) is 6.42 Å². The van der Waals surface area contributed by atoms with E-state index in [4.69, 9.17) is 5.26 Å². The van der Waals surface area contributed by atoms with E-state index < -0.39 is 0 Å². The summed E-state index contributed by atoms with van der Waals surface area (Å²) in [6, 6.07) is 9.82. The molecule has 1 saturated carbocycles. The summed E-state index contributed by atoms with van der Waals surface area (Å²) in [6.45, 7) is 0.728. The molecule has 2 rings (SSSR count). The van der Waals surface area contributed by atoms with Gasteiger partial charge in [-0.1, -0.05) is 25.0 Å². The quantitative estimate of drug-likeness (QED) is 0.781. The third kappa shape index (κ3) is 3.65. The van der Waals surface area contributed by atoms with Gasteiger partial charge in [0.05, 0.1) is 17.7 Å². The van der Waals surface area contributed by atoms with Gasteiger partial charge in [-0.15, -0.1) is 0 Å². The van der Waals surface area contributed by atoms with Crippen LogP contribution in [0.25, 0.3) is 0 Å². The van der Waals surface area contributed by atoms with Crippen molar-refractivity contribution < 1.29 is 4.79 Å². The van der Waals surface area contributed by atoms with Crippen LogP contribution < -0.4 is 0 Å². The smallest absolute Gasteiger partial charge is 0.149 e. The van der Waals surface area contributed by atoms with Crippen molar-refractivity contribution in [3.63, 3.8) is 0 Å². The second-order valence-electron chi connectivity index (χ2n) is 5.31. The fourth-order valence-corrected chi connectivity index (χ4v) is 2.74. The van der Waals surface area contributed by atoms with E-state index in [0.29, 0.717) is 17.8 Å². The van der Waals surface area contributed by atoms with Crippen molar-refractivity contribution in [3.05, 3.63) is 35.4 Å². The highest BCUT2D eigenvalue weighted by Gasteiger charge is 2.24. The van der Waals surface area contributed by atoms with Gasteiger partial charge in [-0.3, -0.25) is 9.69 Å². The summed E-state index contributed by atoms with van der Waals surface area (Å²) in [5.74, 6) is 0.372. The van der Waals surface area contributed by atoms with Gasteiger partial charge >= 0.3 is 0 Å². The first kappa shape index (κ1) is 13.8. The van der Waals surface area contributed by atoms with Gasteiger partial charge in [0.1, 0.15) is 5.78 Å². The largest absolute Gasteiger partial charge is 0.298 e. The summed E-state index contributed by atoms with van der Waals surface area (Å²) in [5, 5.41) is 8.91. The highest BCUT2D eigenvalue weighted by molar-refractivity contribution is 5.84. The van der Waals surface area contributed by atoms with Crippen LogP contribution in [0.1, 0.15) is 43.2 Å². The zero-order valence-electron chi connectivity index (χ0n) is 11.4. The molecule has 0 heterocycles. The molecule has 0 radical (unpaired) electrons. The molecule has 1 aliphatic rings. The van der Waals surface area contributed by atoms with Gasteiger partial charge in [-0.05, 0) is 37.6 Å². The van der Waals surface area contributed by atoms with Gasteiger partial charge in [0, 0.05) is 13.0 Å². The third-order valence-corrected chi connectivity index (χ3v) is 3.79. The number of rotatable bonds is 3. The van der Waals surface area contributed by atoms with Crippen LogP contribution in [0.3, 0.4) is 0 Å². The highest BCUT2D eigenvalue weighted by atomic mass is 16.1. The Labute approximate surface area is 114 Å². The van der Waals surface area contributed by atoms with Gasteiger partial charge < -0.3 is 0 Å². The molecular formula is C16H20N2O. The van der Waals surface area contributed by atoms with E-state index in [0.717, 1.165) is 31.4 Å². The van der Waals surface area contributed by atoms with Crippen LogP contribution in [0.5, 0.6) is 0 Å². The molecule has 1 aromatic carbocycles. The zero-order chi connectivity index (χ0) is 13.7. The lowest BCUT2D eigenvalue weighted by atomic mass is 10.0. The number of Topliss-reactive ketones (excluding diaryl/α,β-unsaturated/α-hetero) is 1. The van der Waals surface area contributed by atoms with Crippen molar-refractivity contribution in [3.8, 4) is 6.07 Å². The molecule has 1 aliphatic carbocycles. The maximum Gasteiger partial charge on any atom is 0.149 e. The molecule has 0 bridgehead atoms. The van der Waals surface area contributed by atoms with Gasteiger partial charge in [-0.25, -0.2) is 0 Å². The number of carbonyl (C=O) groups excluding carboxylic acids is 1. The molecule has 0 aliphatic heterocycles. The number of hydrogen-bond acceptors (Lipinski definition) is 3. The van der Waals surface area contributed by atoms with E-state index in [9.17, 15) is 4.79 Å². The average Bonchev–Trinajstić information content (AvgIpc) is 2.63. The number of carbonyl (C=O) groups is 1. The van der Waals surface area contributed by atoms with Gasteiger partial charge in [0.25, 0.3) is 0 Å². The Morgan fingerprint density at radius 2 is 2.21 bits per heavy atom. The molecule has 1 aromatic rings. The molecule has 100 valence electrons. The fourth-order valence-electron chi connectivity index (χ4n) is 2.74. The summed E-state index contributed by atoms with van der Waals surface area (Å²) < 4.78 is 0. The van der Waals surface area contributed by atoms with Gasteiger partial charge in [-0.2, -0.15) is 5.26 Å². The fraction of sp³-hybridized carbons (Fsp3) is 0.500. The molecule has 3 heteroatoms. The van der Waals surface area contributed by atoms with E-state index in [1.807, 2.05) is 25.2 Å². The number of benzene rings is 1. The lowest BCUT2D eigenvalue weighted by molar-refractivity contribution is -0.123. The van der Waals surface area contributed by atoms with E-state index >= 15 is 0 Å². The summed E-state index contributed by atoms with van der Waals surface area (Å²) in [5.41, 5.74) is 1.77. The zero-order valence-corrected chi connectivity index (χ0v) is 11.4. The predicted octanol–water partition coefficient (Wildman–Crippen LogP) is 2.89. The maximum atomic E-state index is 12.1. The van der Waals surface area contributed by atoms with E-state index in [1.54, 1.807) is 6.07 Å². The Kier molecular flexibility index (Phi) is 4.70. The molecule has 0 aromatic heterocycles. The van der Waals surface area contributed by atoms with Crippen molar-refractivity contribution in [2.24, 2.45) is 0 Å². The monoisotopic (exact) mass is 256 g/mol. The summed E-state index contributed by atoms with van der Waals surface area (Å²) >= 11 is 0. The van der Waals surface area contributed by atoms with Crippen LogP contribution in [0, 0.1) is 11.3 Å². The third-order valence-electron chi connectivity index (χ3n) is 3.79. The van der Waals surface area contributed by atoms with Crippen molar-refractivity contribution in [2.75, 3.05) is 7.05 Å². The van der Waals surface area contributed by atoms with Crippen molar-refractivity contribution >= 4 is 5.78 Å². The highest BCUT2D eigenvalue weighted by Crippen LogP contribution is 2.20. The number of likely N-dealkylation sites (N-methyl/N-ethyl adjacent to an activating group) is 1. The first-order valence-electron chi connectivity index (χ1n) is 6.92. The predicted molar refractivity (Wildman–Crippen MR) is 74.5 cm³/mol. The minimum Gasteiger partial charge on any atom is -0.298 e. The van der Waals surface area contributed by atoms with Crippen molar-refractivity contribution in [1.29, 1.82) is 5.26 Å². The van der Waals surface area contributed by atoms with Crippen LogP contribution in [0.2, 0.25) is 0 Å². The number of ketones is 1. The van der Waals surface area contributed by atoms with Crippen LogP contribution in [-0.4, -0.2) is 23.8 Å². The summed E-state index contributed by atoms with van der Waals surface area (Å²) in [6.07, 6.45) is 5.02. The minimum absolute atomic E-state index is 0.0493. The Balaban J connectivity index is 2.04. The lowest BCUT2D eigenvalue weighted by Crippen LogP contribution is -2.37. The second-order valence-corrected chi connectivity index (χ2v) is 5.31. The Morgan fingerprint density at radius 3 is 3.00 bits per heavy atom. The van der Waals surface area contributed by atoms with E-state index in [2.05, 4.69) is 11.0 Å². The number of nitriles is 1. The molecule has 19 heavy (non-hydrogen) atoms. The molecule has 3 nitrogen and oxygen atoms in total. The second kappa shape index (κ2) is 6.49. The molecule has 0 saturated heterocycles. The Bertz CT molecular complexity index is 490. The van der Waals surface area contributed by atoms with Crippen LogP contribution in [0.15, 0.2) is 24.3 Å². The van der Waals surface area contributed by atoms with Gasteiger partial charge in [0.15, 0.2) is 0 Å². The lowest BCUT2D eigenvalue weighted by Gasteiger charge is -2.25. The Morgan fingerprint density at radius 1 is 1.37 bits per heavy atom. The topological polar surface area (TPSA) is 44.1 Å². The van der Waals surface area contributed by atoms with Crippen LogP contribution in [0.4, 0.5) is 0 Å². The maximum absolute atomic E-state index is 12.1. The molecule has 1 fully saturated rings. The standard InChI is InChI=1S/C16H20N2O/c1-18(15-8-3-2-4-9-16(15)19)12-14-7-5-6-13(10-14)11-17/h5-7,10,15H,2-4,8-9,12H2,1H3. The summed E-state index contributed by atoms with van der Waals surface area (Å²) in [4.78, 5) is 14.2. The van der Waals surface area contributed by atoms with Crippen molar-refractivity contribution in [2.45, 2.75) is 44.7 Å². The minimum atomic E-state index is 0.0493. The molecular weight excluding hydrogens is 236 g/mol. The van der Waals surface area contributed by atoms with E-state index in [-0.39, 0.29) is 6.04 Å². The summed E-state index contributed by atoms with van der Waals surface area (Å²) in [7, 11) is 2.01.